The van der Waals surface area contributed by atoms with Gasteiger partial charge in [-0.15, -0.1) is 0 Å². The van der Waals surface area contributed by atoms with Gasteiger partial charge in [0, 0.05) is 12.1 Å². The molecule has 5 heteroatoms. The highest BCUT2D eigenvalue weighted by Gasteiger charge is 2.11. The number of fused-ring (bicyclic) bond motifs is 1. The van der Waals surface area contributed by atoms with E-state index >= 15 is 0 Å². The van der Waals surface area contributed by atoms with Crippen molar-refractivity contribution in [3.63, 3.8) is 0 Å². The van der Waals surface area contributed by atoms with Crippen LogP contribution in [-0.4, -0.2) is 22.6 Å². The van der Waals surface area contributed by atoms with Crippen LogP contribution in [0.2, 0.25) is 5.02 Å². The second-order valence-electron chi connectivity index (χ2n) is 3.47. The molecule has 0 N–H and O–H groups in total. The molecule has 0 bridgehead atoms. The second kappa shape index (κ2) is 4.14. The predicted molar refractivity (Wildman–Crippen MR) is 61.4 cm³/mol. The normalized spacial score (nSPS) is 10.7. The molecule has 0 saturated carbocycles. The number of ether oxygens (including phenoxy) is 1. The number of aryl methyl sites for hydroxylation is 1. The molecule has 0 spiro atoms. The van der Waals surface area contributed by atoms with Crippen molar-refractivity contribution in [3.8, 4) is 0 Å². The Morgan fingerprint density at radius 1 is 1.56 bits per heavy atom. The number of halogens is 1. The Balaban J connectivity index is 2.47. The first kappa shape index (κ1) is 11.0. The highest BCUT2D eigenvalue weighted by molar-refractivity contribution is 6.31. The van der Waals surface area contributed by atoms with Gasteiger partial charge in [-0.25, -0.2) is 4.98 Å². The zero-order valence-electron chi connectivity index (χ0n) is 9.03. The molecule has 1 aromatic carbocycles. The van der Waals surface area contributed by atoms with Crippen LogP contribution in [0.5, 0.6) is 0 Å². The fourth-order valence-corrected chi connectivity index (χ4v) is 1.75. The van der Waals surface area contributed by atoms with E-state index in [1.54, 1.807) is 12.1 Å². The quantitative estimate of drug-likeness (QED) is 0.751. The van der Waals surface area contributed by atoms with Crippen LogP contribution in [0.15, 0.2) is 18.2 Å². The third-order valence-electron chi connectivity index (χ3n) is 2.47. The van der Waals surface area contributed by atoms with Crippen LogP contribution >= 0.6 is 11.6 Å². The number of hydrogen-bond acceptors (Lipinski definition) is 3. The summed E-state index contributed by atoms with van der Waals surface area (Å²) in [4.78, 5) is 15.5. The van der Waals surface area contributed by atoms with Crippen molar-refractivity contribution in [2.45, 2.75) is 6.42 Å². The summed E-state index contributed by atoms with van der Waals surface area (Å²) in [5.74, 6) is 0.369. The molecular formula is C11H11ClN2O2. The van der Waals surface area contributed by atoms with E-state index in [0.717, 1.165) is 11.0 Å². The summed E-state index contributed by atoms with van der Waals surface area (Å²) in [6.07, 6.45) is 0.166. The van der Waals surface area contributed by atoms with Gasteiger partial charge in [0.1, 0.15) is 12.2 Å². The van der Waals surface area contributed by atoms with Gasteiger partial charge in [-0.3, -0.25) is 4.79 Å². The predicted octanol–water partition coefficient (Wildman–Crippen LogP) is 1.94. The van der Waals surface area contributed by atoms with E-state index in [1.807, 2.05) is 17.7 Å². The minimum atomic E-state index is -0.301. The fourth-order valence-electron chi connectivity index (χ4n) is 1.58. The standard InChI is InChI=1S/C11H11ClN2O2/c1-14-9-4-3-7(12)5-8(9)13-10(14)6-11(15)16-2/h3-5H,6H2,1-2H3. The van der Waals surface area contributed by atoms with Crippen molar-refractivity contribution in [1.82, 2.24) is 9.55 Å². The molecule has 4 nitrogen and oxygen atoms in total. The number of carbonyl (C=O) groups is 1. The molecule has 0 aliphatic heterocycles. The first-order chi connectivity index (χ1) is 7.61. The molecule has 0 amide bonds. The number of methoxy groups -OCH3 is 1. The highest BCUT2D eigenvalue weighted by Crippen LogP contribution is 2.19. The Bertz CT molecular complexity index is 548. The van der Waals surface area contributed by atoms with Crippen molar-refractivity contribution in [2.24, 2.45) is 7.05 Å². The molecule has 0 saturated heterocycles. The van der Waals surface area contributed by atoms with E-state index in [2.05, 4.69) is 9.72 Å². The summed E-state index contributed by atoms with van der Waals surface area (Å²) in [6.45, 7) is 0. The van der Waals surface area contributed by atoms with Crippen LogP contribution in [0.4, 0.5) is 0 Å². The van der Waals surface area contributed by atoms with Crippen molar-refractivity contribution < 1.29 is 9.53 Å². The SMILES string of the molecule is COC(=O)Cc1nc2cc(Cl)ccc2n1C. The average Bonchev–Trinajstić information content (AvgIpc) is 2.55. The number of rotatable bonds is 2. The van der Waals surface area contributed by atoms with Gasteiger partial charge in [0.25, 0.3) is 0 Å². The van der Waals surface area contributed by atoms with Crippen molar-refractivity contribution in [3.05, 3.63) is 29.0 Å². The smallest absolute Gasteiger partial charge is 0.313 e. The molecule has 2 aromatic rings. The van der Waals surface area contributed by atoms with Crippen molar-refractivity contribution >= 4 is 28.6 Å². The summed E-state index contributed by atoms with van der Waals surface area (Å²) in [5, 5.41) is 0.634. The van der Waals surface area contributed by atoms with Crippen molar-refractivity contribution in [2.75, 3.05) is 7.11 Å². The number of esters is 1. The number of carbonyl (C=O) groups excluding carboxylic acids is 1. The number of benzene rings is 1. The van der Waals surface area contributed by atoms with E-state index in [0.29, 0.717) is 10.8 Å². The minimum absolute atomic E-state index is 0.166. The Morgan fingerprint density at radius 3 is 3.00 bits per heavy atom. The van der Waals surface area contributed by atoms with Gasteiger partial charge >= 0.3 is 5.97 Å². The van der Waals surface area contributed by atoms with Gasteiger partial charge in [0.15, 0.2) is 0 Å². The van der Waals surface area contributed by atoms with Crippen LogP contribution in [0.25, 0.3) is 11.0 Å². The molecule has 0 atom stereocenters. The fraction of sp³-hybridized carbons (Fsp3) is 0.273. The molecule has 2 rings (SSSR count). The van der Waals surface area contributed by atoms with Gasteiger partial charge in [0.2, 0.25) is 0 Å². The van der Waals surface area contributed by atoms with Gasteiger partial charge < -0.3 is 9.30 Å². The summed E-state index contributed by atoms with van der Waals surface area (Å²) in [7, 11) is 3.23. The largest absolute Gasteiger partial charge is 0.469 e. The summed E-state index contributed by atoms with van der Waals surface area (Å²) >= 11 is 5.87. The third kappa shape index (κ3) is 1.88. The van der Waals surface area contributed by atoms with Crippen molar-refractivity contribution in [1.29, 1.82) is 0 Å². The summed E-state index contributed by atoms with van der Waals surface area (Å²) in [5.41, 5.74) is 1.73. The van der Waals surface area contributed by atoms with Crippen LogP contribution in [0, 0.1) is 0 Å². The lowest BCUT2D eigenvalue weighted by Crippen LogP contribution is -2.09. The molecular weight excluding hydrogens is 228 g/mol. The number of aromatic nitrogens is 2. The monoisotopic (exact) mass is 238 g/mol. The first-order valence-corrected chi connectivity index (χ1v) is 5.17. The summed E-state index contributed by atoms with van der Waals surface area (Å²) < 4.78 is 6.47. The number of imidazole rings is 1. The number of hydrogen-bond donors (Lipinski definition) is 0. The van der Waals surface area contributed by atoms with Crippen LogP contribution in [-0.2, 0) is 23.0 Å². The van der Waals surface area contributed by atoms with Crippen LogP contribution < -0.4 is 0 Å². The molecule has 84 valence electrons. The summed E-state index contributed by atoms with van der Waals surface area (Å²) in [6, 6.07) is 5.45. The molecule has 0 fully saturated rings. The lowest BCUT2D eigenvalue weighted by Gasteiger charge is -2.00. The minimum Gasteiger partial charge on any atom is -0.469 e. The zero-order valence-corrected chi connectivity index (χ0v) is 9.78. The van der Waals surface area contributed by atoms with E-state index < -0.39 is 0 Å². The van der Waals surface area contributed by atoms with Gasteiger partial charge in [-0.1, -0.05) is 11.6 Å². The van der Waals surface area contributed by atoms with Crippen LogP contribution in [0.3, 0.4) is 0 Å². The molecule has 0 aliphatic carbocycles. The van der Waals surface area contributed by atoms with Crippen LogP contribution in [0.1, 0.15) is 5.82 Å². The zero-order chi connectivity index (χ0) is 11.7. The van der Waals surface area contributed by atoms with E-state index in [-0.39, 0.29) is 12.4 Å². The highest BCUT2D eigenvalue weighted by atomic mass is 35.5. The Morgan fingerprint density at radius 2 is 2.31 bits per heavy atom. The third-order valence-corrected chi connectivity index (χ3v) is 2.70. The molecule has 16 heavy (non-hydrogen) atoms. The molecule has 0 aliphatic rings. The van der Waals surface area contributed by atoms with Gasteiger partial charge in [-0.05, 0) is 18.2 Å². The maximum absolute atomic E-state index is 11.2. The number of nitrogens with zero attached hydrogens (tertiary/aromatic N) is 2. The Hall–Kier alpha value is -1.55. The van der Waals surface area contributed by atoms with E-state index in [1.165, 1.54) is 7.11 Å². The average molecular weight is 239 g/mol. The van der Waals surface area contributed by atoms with E-state index in [9.17, 15) is 4.79 Å². The van der Waals surface area contributed by atoms with Gasteiger partial charge in [-0.2, -0.15) is 0 Å². The molecule has 1 aromatic heterocycles. The first-order valence-electron chi connectivity index (χ1n) is 4.79. The Labute approximate surface area is 97.8 Å². The second-order valence-corrected chi connectivity index (χ2v) is 3.91. The molecule has 0 radical (unpaired) electrons. The lowest BCUT2D eigenvalue weighted by molar-refractivity contribution is -0.139. The Kier molecular flexibility index (Phi) is 2.83. The van der Waals surface area contributed by atoms with Gasteiger partial charge in [0.05, 0.1) is 18.1 Å². The topological polar surface area (TPSA) is 44.1 Å². The lowest BCUT2D eigenvalue weighted by atomic mass is 10.3. The molecule has 1 heterocycles. The maximum atomic E-state index is 11.2. The molecule has 0 unspecified atom stereocenters. The van der Waals surface area contributed by atoms with E-state index in [4.69, 9.17) is 11.6 Å². The maximum Gasteiger partial charge on any atom is 0.313 e.